The summed E-state index contributed by atoms with van der Waals surface area (Å²) >= 11 is 7.91. The number of likely N-dealkylation sites (N-methyl/N-ethyl adjacent to an activating group) is 1. The first kappa shape index (κ1) is 15.1. The Morgan fingerprint density at radius 3 is 2.43 bits per heavy atom. The van der Waals surface area contributed by atoms with Gasteiger partial charge >= 0.3 is 0 Å². The molecule has 1 atom stereocenters. The van der Waals surface area contributed by atoms with Gasteiger partial charge in [-0.05, 0) is 37.1 Å². The Labute approximate surface area is 136 Å². The normalized spacial score (nSPS) is 18.8. The molecule has 1 unspecified atom stereocenters. The molecule has 2 aromatic rings. The van der Waals surface area contributed by atoms with Crippen LogP contribution in [0.2, 0.25) is 4.34 Å². The lowest BCUT2D eigenvalue weighted by Crippen LogP contribution is -2.39. The van der Waals surface area contributed by atoms with Crippen molar-refractivity contribution in [3.63, 3.8) is 0 Å². The van der Waals surface area contributed by atoms with Gasteiger partial charge in [-0.15, -0.1) is 11.3 Å². The van der Waals surface area contributed by atoms with E-state index in [1.165, 1.54) is 36.1 Å². The molecule has 0 radical (unpaired) electrons. The number of hydrogen-bond donors (Lipinski definition) is 1. The molecule has 1 nitrogen and oxygen atoms in total. The first-order valence-electron chi connectivity index (χ1n) is 7.80. The summed E-state index contributed by atoms with van der Waals surface area (Å²) < 4.78 is 0.883. The van der Waals surface area contributed by atoms with Crippen LogP contribution in [0.4, 0.5) is 0 Å². The highest BCUT2D eigenvalue weighted by Crippen LogP contribution is 2.51. The van der Waals surface area contributed by atoms with Crippen LogP contribution >= 0.6 is 22.9 Å². The second-order valence-electron chi connectivity index (χ2n) is 5.86. The summed E-state index contributed by atoms with van der Waals surface area (Å²) in [7, 11) is 0. The zero-order valence-electron chi connectivity index (χ0n) is 12.4. The van der Waals surface area contributed by atoms with E-state index < -0.39 is 0 Å². The largest absolute Gasteiger partial charge is 0.309 e. The Morgan fingerprint density at radius 1 is 1.14 bits per heavy atom. The van der Waals surface area contributed by atoms with Gasteiger partial charge in [0.1, 0.15) is 0 Å². The van der Waals surface area contributed by atoms with Crippen molar-refractivity contribution in [1.29, 1.82) is 0 Å². The van der Waals surface area contributed by atoms with Gasteiger partial charge in [0.15, 0.2) is 0 Å². The molecule has 1 fully saturated rings. The van der Waals surface area contributed by atoms with Gasteiger partial charge in [0.2, 0.25) is 0 Å². The molecule has 112 valence electrons. The van der Waals surface area contributed by atoms with Crippen molar-refractivity contribution in [2.45, 2.75) is 44.1 Å². The van der Waals surface area contributed by atoms with Crippen LogP contribution in [0.1, 0.15) is 49.1 Å². The van der Waals surface area contributed by atoms with Crippen LogP contribution in [0.5, 0.6) is 0 Å². The Morgan fingerprint density at radius 2 is 1.86 bits per heavy atom. The average molecular weight is 320 g/mol. The van der Waals surface area contributed by atoms with E-state index >= 15 is 0 Å². The fraction of sp³-hybridized carbons (Fsp3) is 0.444. The number of thiophene rings is 1. The van der Waals surface area contributed by atoms with Crippen LogP contribution in [-0.4, -0.2) is 6.54 Å². The first-order chi connectivity index (χ1) is 10.3. The zero-order valence-corrected chi connectivity index (χ0v) is 14.0. The molecule has 1 aliphatic rings. The van der Waals surface area contributed by atoms with Gasteiger partial charge in [0, 0.05) is 10.3 Å². The highest BCUT2D eigenvalue weighted by Gasteiger charge is 2.43. The molecule has 3 heteroatoms. The van der Waals surface area contributed by atoms with Crippen molar-refractivity contribution in [3.8, 4) is 0 Å². The van der Waals surface area contributed by atoms with Gasteiger partial charge < -0.3 is 5.32 Å². The maximum atomic E-state index is 6.19. The molecule has 0 amide bonds. The Kier molecular flexibility index (Phi) is 4.68. The summed E-state index contributed by atoms with van der Waals surface area (Å²) in [6, 6.07) is 15.6. The number of nitrogens with one attached hydrogen (secondary N) is 1. The molecule has 1 N–H and O–H groups in total. The van der Waals surface area contributed by atoms with Crippen molar-refractivity contribution in [2.75, 3.05) is 6.54 Å². The van der Waals surface area contributed by atoms with E-state index in [1.807, 2.05) is 6.07 Å². The van der Waals surface area contributed by atoms with Crippen LogP contribution in [0.15, 0.2) is 42.5 Å². The fourth-order valence-corrected chi connectivity index (χ4v) is 5.03. The lowest BCUT2D eigenvalue weighted by molar-refractivity contribution is 0.309. The van der Waals surface area contributed by atoms with E-state index in [1.54, 1.807) is 11.3 Å². The average Bonchev–Trinajstić information content (AvgIpc) is 3.16. The molecule has 0 bridgehead atoms. The minimum Gasteiger partial charge on any atom is -0.309 e. The lowest BCUT2D eigenvalue weighted by atomic mass is 9.72. The van der Waals surface area contributed by atoms with E-state index in [9.17, 15) is 0 Å². The highest BCUT2D eigenvalue weighted by atomic mass is 35.5. The van der Waals surface area contributed by atoms with Gasteiger partial charge in [-0.1, -0.05) is 61.7 Å². The predicted molar refractivity (Wildman–Crippen MR) is 92.3 cm³/mol. The quantitative estimate of drug-likeness (QED) is 0.760. The Balaban J connectivity index is 2.05. The van der Waals surface area contributed by atoms with Crippen molar-refractivity contribution in [2.24, 2.45) is 0 Å². The second kappa shape index (κ2) is 6.51. The van der Waals surface area contributed by atoms with E-state index in [0.29, 0.717) is 6.04 Å². The maximum Gasteiger partial charge on any atom is 0.0931 e. The standard InChI is InChI=1S/C18H22ClNS/c1-2-20-17(15-10-11-16(19)21-15)18(12-6-7-13-18)14-8-4-3-5-9-14/h3-5,8-11,17,20H,2,6-7,12-13H2,1H3. The monoisotopic (exact) mass is 319 g/mol. The third-order valence-corrected chi connectivity index (χ3v) is 5.98. The van der Waals surface area contributed by atoms with E-state index in [0.717, 1.165) is 10.9 Å². The van der Waals surface area contributed by atoms with Crippen molar-refractivity contribution >= 4 is 22.9 Å². The van der Waals surface area contributed by atoms with Crippen LogP contribution in [0, 0.1) is 0 Å². The van der Waals surface area contributed by atoms with Gasteiger partial charge in [0.05, 0.1) is 10.4 Å². The minimum absolute atomic E-state index is 0.214. The fourth-order valence-electron chi connectivity index (χ4n) is 3.78. The van der Waals surface area contributed by atoms with Crippen LogP contribution in [-0.2, 0) is 5.41 Å². The molecular weight excluding hydrogens is 298 g/mol. The number of hydrogen-bond acceptors (Lipinski definition) is 2. The molecule has 0 spiro atoms. The summed E-state index contributed by atoms with van der Waals surface area (Å²) in [6.45, 7) is 3.17. The van der Waals surface area contributed by atoms with E-state index in [4.69, 9.17) is 11.6 Å². The van der Waals surface area contributed by atoms with Crippen LogP contribution in [0.25, 0.3) is 0 Å². The zero-order chi connectivity index (χ0) is 14.7. The summed E-state index contributed by atoms with van der Waals surface area (Å²) in [5.41, 5.74) is 1.68. The lowest BCUT2D eigenvalue weighted by Gasteiger charge is -2.38. The molecule has 0 aliphatic heterocycles. The van der Waals surface area contributed by atoms with Crippen LogP contribution < -0.4 is 5.32 Å². The Bertz CT molecular complexity index is 572. The Hall–Kier alpha value is -0.830. The SMILES string of the molecule is CCNC(c1ccc(Cl)s1)C1(c2ccccc2)CCCC1. The van der Waals surface area contributed by atoms with Crippen LogP contribution in [0.3, 0.4) is 0 Å². The number of rotatable bonds is 5. The summed E-state index contributed by atoms with van der Waals surface area (Å²) in [6.07, 6.45) is 5.14. The van der Waals surface area contributed by atoms with Crippen molar-refractivity contribution in [1.82, 2.24) is 5.32 Å². The maximum absolute atomic E-state index is 6.19. The molecule has 1 saturated carbocycles. The first-order valence-corrected chi connectivity index (χ1v) is 9.00. The van der Waals surface area contributed by atoms with Gasteiger partial charge in [0.25, 0.3) is 0 Å². The predicted octanol–water partition coefficient (Wildman–Crippen LogP) is 5.56. The molecule has 21 heavy (non-hydrogen) atoms. The molecule has 1 heterocycles. The number of benzene rings is 1. The third-order valence-electron chi connectivity index (χ3n) is 4.68. The highest BCUT2D eigenvalue weighted by molar-refractivity contribution is 7.16. The summed E-state index contributed by atoms with van der Waals surface area (Å²) in [5.74, 6) is 0. The van der Waals surface area contributed by atoms with Gasteiger partial charge in [-0.25, -0.2) is 0 Å². The van der Waals surface area contributed by atoms with Crippen molar-refractivity contribution < 1.29 is 0 Å². The molecule has 1 aliphatic carbocycles. The third kappa shape index (κ3) is 2.90. The molecule has 3 rings (SSSR count). The van der Waals surface area contributed by atoms with Crippen molar-refractivity contribution in [3.05, 3.63) is 57.2 Å². The second-order valence-corrected chi connectivity index (χ2v) is 7.61. The van der Waals surface area contributed by atoms with E-state index in [2.05, 4.69) is 48.6 Å². The topological polar surface area (TPSA) is 12.0 Å². The minimum atomic E-state index is 0.214. The summed E-state index contributed by atoms with van der Waals surface area (Å²) in [5, 5.41) is 3.75. The molecule has 1 aromatic carbocycles. The van der Waals surface area contributed by atoms with Gasteiger partial charge in [-0.3, -0.25) is 0 Å². The van der Waals surface area contributed by atoms with E-state index in [-0.39, 0.29) is 5.41 Å². The molecule has 0 saturated heterocycles. The number of halogens is 1. The van der Waals surface area contributed by atoms with Gasteiger partial charge in [-0.2, -0.15) is 0 Å². The molecular formula is C18H22ClNS. The molecule has 1 aromatic heterocycles. The smallest absolute Gasteiger partial charge is 0.0931 e. The summed E-state index contributed by atoms with van der Waals surface area (Å²) in [4.78, 5) is 1.37.